The van der Waals surface area contributed by atoms with Crippen LogP contribution in [0, 0.1) is 5.92 Å². The Morgan fingerprint density at radius 2 is 1.85 bits per heavy atom. The van der Waals surface area contributed by atoms with Crippen molar-refractivity contribution in [3.8, 4) is 0 Å². The number of thiophene rings is 1. The number of carbonyl (C=O) groups is 2. The summed E-state index contributed by atoms with van der Waals surface area (Å²) in [5.41, 5.74) is 1.40. The van der Waals surface area contributed by atoms with Crippen LogP contribution in [0.15, 0.2) is 42.5 Å². The molecule has 0 bridgehead atoms. The van der Waals surface area contributed by atoms with Gasteiger partial charge in [-0.15, -0.1) is 11.3 Å². The summed E-state index contributed by atoms with van der Waals surface area (Å²) in [4.78, 5) is 26.8. The number of carboxylic acid groups (broad SMARTS) is 1. The van der Waals surface area contributed by atoms with Crippen LogP contribution in [0.25, 0.3) is 0 Å². The molecule has 1 saturated heterocycles. The lowest BCUT2D eigenvalue weighted by Crippen LogP contribution is -2.35. The molecule has 1 aromatic carbocycles. The fraction of sp³-hybridized carbons (Fsp3) is 0.571. The van der Waals surface area contributed by atoms with Gasteiger partial charge in [-0.2, -0.15) is 0 Å². The van der Waals surface area contributed by atoms with E-state index in [4.69, 9.17) is 5.11 Å². The third-order valence-corrected chi connectivity index (χ3v) is 8.20. The zero-order chi connectivity index (χ0) is 24.3. The lowest BCUT2D eigenvalue weighted by atomic mass is 9.92. The lowest BCUT2D eigenvalue weighted by molar-refractivity contribution is -0.129. The highest BCUT2D eigenvalue weighted by Crippen LogP contribution is 2.26. The number of hydrogen-bond donors (Lipinski definition) is 2. The molecule has 0 aliphatic carbocycles. The highest BCUT2D eigenvalue weighted by molar-refractivity contribution is 7.13. The Morgan fingerprint density at radius 1 is 1.06 bits per heavy atom. The van der Waals surface area contributed by atoms with Gasteiger partial charge in [-0.3, -0.25) is 4.79 Å². The minimum atomic E-state index is -0.883. The summed E-state index contributed by atoms with van der Waals surface area (Å²) in [6, 6.07) is 14.3. The summed E-state index contributed by atoms with van der Waals surface area (Å²) in [5, 5.41) is 19.7. The average molecular weight is 486 g/mol. The summed E-state index contributed by atoms with van der Waals surface area (Å²) in [5.74, 6) is -0.390. The predicted octanol–water partition coefficient (Wildman–Crippen LogP) is 5.95. The molecule has 3 atom stereocenters. The maximum atomic E-state index is 12.4. The van der Waals surface area contributed by atoms with Crippen LogP contribution in [-0.2, 0) is 17.6 Å². The maximum absolute atomic E-state index is 12.4. The van der Waals surface area contributed by atoms with E-state index in [0.29, 0.717) is 17.8 Å². The Bertz CT molecular complexity index is 897. The van der Waals surface area contributed by atoms with Crippen molar-refractivity contribution in [2.24, 2.45) is 5.92 Å². The topological polar surface area (TPSA) is 77.8 Å². The number of benzene rings is 1. The van der Waals surface area contributed by atoms with Crippen molar-refractivity contribution in [1.29, 1.82) is 0 Å². The molecule has 2 heterocycles. The molecule has 1 aliphatic heterocycles. The Hall–Kier alpha value is -2.18. The number of aliphatic hydroxyl groups is 1. The van der Waals surface area contributed by atoms with E-state index in [1.165, 1.54) is 29.7 Å². The highest BCUT2D eigenvalue weighted by atomic mass is 32.1. The van der Waals surface area contributed by atoms with Gasteiger partial charge >= 0.3 is 5.97 Å². The SMILES string of the molecule is C[C@H](CCCCCc1ccccc1)[C@H](O)CCC1CCC(=O)N1CCCc1ccc(C(=O)O)s1. The predicted molar refractivity (Wildman–Crippen MR) is 137 cm³/mol. The number of carboxylic acids is 1. The van der Waals surface area contributed by atoms with Crippen molar-refractivity contribution >= 4 is 23.2 Å². The van der Waals surface area contributed by atoms with Crippen molar-refractivity contribution in [2.75, 3.05) is 6.54 Å². The maximum Gasteiger partial charge on any atom is 0.345 e. The van der Waals surface area contributed by atoms with E-state index in [0.717, 1.165) is 56.2 Å². The molecule has 0 spiro atoms. The minimum Gasteiger partial charge on any atom is -0.477 e. The zero-order valence-electron chi connectivity index (χ0n) is 20.3. The number of aliphatic hydroxyl groups excluding tert-OH is 1. The van der Waals surface area contributed by atoms with Gasteiger partial charge in [-0.05, 0) is 75.0 Å². The molecule has 0 radical (unpaired) electrons. The van der Waals surface area contributed by atoms with Crippen molar-refractivity contribution in [1.82, 2.24) is 4.90 Å². The van der Waals surface area contributed by atoms with Crippen LogP contribution in [0.5, 0.6) is 0 Å². The molecule has 34 heavy (non-hydrogen) atoms. The summed E-state index contributed by atoms with van der Waals surface area (Å²) in [7, 11) is 0. The molecule has 2 aromatic rings. The van der Waals surface area contributed by atoms with Crippen LogP contribution in [0.2, 0.25) is 0 Å². The van der Waals surface area contributed by atoms with E-state index >= 15 is 0 Å². The molecule has 2 N–H and O–H groups in total. The zero-order valence-corrected chi connectivity index (χ0v) is 21.1. The lowest BCUT2D eigenvalue weighted by Gasteiger charge is -2.27. The summed E-state index contributed by atoms with van der Waals surface area (Å²) in [6.45, 7) is 2.85. The van der Waals surface area contributed by atoms with Gasteiger partial charge in [0.25, 0.3) is 0 Å². The fourth-order valence-electron chi connectivity index (χ4n) is 4.91. The Balaban J connectivity index is 1.32. The molecule has 5 nitrogen and oxygen atoms in total. The van der Waals surface area contributed by atoms with Gasteiger partial charge in [0.15, 0.2) is 0 Å². The van der Waals surface area contributed by atoms with Crippen LogP contribution in [0.1, 0.15) is 84.8 Å². The molecule has 1 fully saturated rings. The van der Waals surface area contributed by atoms with E-state index in [2.05, 4.69) is 37.3 Å². The number of unbranched alkanes of at least 4 members (excludes halogenated alkanes) is 2. The van der Waals surface area contributed by atoms with Gasteiger partial charge < -0.3 is 15.1 Å². The molecule has 6 heteroatoms. The Morgan fingerprint density at radius 3 is 2.59 bits per heavy atom. The number of likely N-dealkylation sites (tertiary alicyclic amines) is 1. The molecule has 3 rings (SSSR count). The first-order valence-electron chi connectivity index (χ1n) is 12.8. The fourth-order valence-corrected chi connectivity index (χ4v) is 5.80. The Labute approximate surface area is 207 Å². The number of rotatable bonds is 15. The van der Waals surface area contributed by atoms with Gasteiger partial charge in [0.1, 0.15) is 4.88 Å². The van der Waals surface area contributed by atoms with Gasteiger partial charge in [-0.25, -0.2) is 4.79 Å². The van der Waals surface area contributed by atoms with Crippen LogP contribution < -0.4 is 0 Å². The average Bonchev–Trinajstić information content (AvgIpc) is 3.45. The van der Waals surface area contributed by atoms with Crippen LogP contribution >= 0.6 is 11.3 Å². The van der Waals surface area contributed by atoms with Crippen LogP contribution in [0.4, 0.5) is 0 Å². The summed E-state index contributed by atoms with van der Waals surface area (Å²) < 4.78 is 0. The third-order valence-electron chi connectivity index (χ3n) is 7.07. The number of nitrogens with zero attached hydrogens (tertiary/aromatic N) is 1. The molecular formula is C28H39NO4S. The minimum absolute atomic E-state index is 0.211. The van der Waals surface area contributed by atoms with Crippen molar-refractivity contribution in [2.45, 2.75) is 89.7 Å². The molecule has 0 saturated carbocycles. The number of carbonyl (C=O) groups excluding carboxylic acids is 1. The van der Waals surface area contributed by atoms with Crippen molar-refractivity contribution < 1.29 is 19.8 Å². The molecule has 186 valence electrons. The van der Waals surface area contributed by atoms with Crippen LogP contribution in [0.3, 0.4) is 0 Å². The van der Waals surface area contributed by atoms with E-state index in [1.807, 2.05) is 11.0 Å². The largest absolute Gasteiger partial charge is 0.477 e. The summed E-state index contributed by atoms with van der Waals surface area (Å²) in [6.07, 6.45) is 10.1. The number of aryl methyl sites for hydroxylation is 2. The van der Waals surface area contributed by atoms with E-state index < -0.39 is 5.97 Å². The number of aromatic carboxylic acids is 1. The van der Waals surface area contributed by atoms with E-state index in [-0.39, 0.29) is 24.0 Å². The first-order chi connectivity index (χ1) is 16.4. The smallest absolute Gasteiger partial charge is 0.345 e. The Kier molecular flexibility index (Phi) is 10.6. The van der Waals surface area contributed by atoms with Gasteiger partial charge in [-0.1, -0.05) is 50.1 Å². The normalized spacial score (nSPS) is 17.8. The number of amides is 1. The van der Waals surface area contributed by atoms with E-state index in [9.17, 15) is 14.7 Å². The second-order valence-electron chi connectivity index (χ2n) is 9.66. The standard InChI is InChI=1S/C28H39NO4S/c1-21(9-4-2-5-10-22-11-6-3-7-12-22)25(30)17-14-23-15-19-27(31)29(23)20-8-13-24-16-18-26(34-24)28(32)33/h3,6-7,11-12,16,18,21,23,25,30H,2,4-5,8-10,13-15,17,19-20H2,1H3,(H,32,33)/t21-,23?,25-/m1/s1. The molecule has 1 unspecified atom stereocenters. The molecule has 1 amide bonds. The molecular weight excluding hydrogens is 446 g/mol. The second kappa shape index (κ2) is 13.6. The number of hydrogen-bond acceptors (Lipinski definition) is 4. The molecule has 1 aromatic heterocycles. The first-order valence-corrected chi connectivity index (χ1v) is 13.6. The van der Waals surface area contributed by atoms with Gasteiger partial charge in [0.05, 0.1) is 6.10 Å². The molecule has 1 aliphatic rings. The second-order valence-corrected chi connectivity index (χ2v) is 10.8. The van der Waals surface area contributed by atoms with Gasteiger partial charge in [0, 0.05) is 23.9 Å². The van der Waals surface area contributed by atoms with E-state index in [1.54, 1.807) is 6.07 Å². The first kappa shape index (κ1) is 26.4. The third kappa shape index (κ3) is 8.24. The van der Waals surface area contributed by atoms with Gasteiger partial charge in [0.2, 0.25) is 5.91 Å². The van der Waals surface area contributed by atoms with Crippen molar-refractivity contribution in [3.05, 3.63) is 57.8 Å². The summed E-state index contributed by atoms with van der Waals surface area (Å²) >= 11 is 1.31. The quantitative estimate of drug-likeness (QED) is 0.306. The highest BCUT2D eigenvalue weighted by Gasteiger charge is 2.31. The van der Waals surface area contributed by atoms with Crippen LogP contribution in [-0.4, -0.2) is 45.7 Å². The monoisotopic (exact) mass is 485 g/mol. The van der Waals surface area contributed by atoms with Crippen molar-refractivity contribution in [3.63, 3.8) is 0 Å².